The van der Waals surface area contributed by atoms with E-state index in [1.807, 2.05) is 60.7 Å². The van der Waals surface area contributed by atoms with Gasteiger partial charge in [0.15, 0.2) is 0 Å². The summed E-state index contributed by atoms with van der Waals surface area (Å²) in [6.45, 7) is 0.848. The van der Waals surface area contributed by atoms with E-state index in [0.29, 0.717) is 16.1 Å². The van der Waals surface area contributed by atoms with E-state index in [-0.39, 0.29) is 5.56 Å². The van der Waals surface area contributed by atoms with Gasteiger partial charge in [0.05, 0.1) is 28.6 Å². The number of benzene rings is 6. The number of aromatic nitrogens is 4. The fraction of sp³-hybridized carbons (Fsp3) is 0.0278. The van der Waals surface area contributed by atoms with Gasteiger partial charge in [-0.25, -0.2) is 9.97 Å². The second-order valence-corrected chi connectivity index (χ2v) is 11.8. The van der Waals surface area contributed by atoms with Gasteiger partial charge in [0.2, 0.25) is 0 Å². The highest BCUT2D eigenvalue weighted by Crippen LogP contribution is 2.38. The minimum Gasteiger partial charge on any atom is -0.319 e. The molecule has 0 spiro atoms. The Hall–Kier alpha value is -4.97. The molecule has 0 radical (unpaired) electrons. The minimum absolute atomic E-state index is 0.0518. The first-order valence-corrected chi connectivity index (χ1v) is 14.7. The highest BCUT2D eigenvalue weighted by molar-refractivity contribution is 6.31. The molecule has 0 fully saturated rings. The van der Waals surface area contributed by atoms with Gasteiger partial charge in [-0.3, -0.25) is 9.20 Å². The molecule has 6 aromatic carbocycles. The predicted octanol–water partition coefficient (Wildman–Crippen LogP) is 9.12. The van der Waals surface area contributed by atoms with Crippen LogP contribution >= 0.6 is 23.2 Å². The quantitative estimate of drug-likeness (QED) is 0.176. The molecule has 1 aliphatic rings. The molecular formula is C36H20Cl2N4O. The Morgan fingerprint density at radius 2 is 1.26 bits per heavy atom. The number of nitrogens with zero attached hydrogens (tertiary/aromatic N) is 4. The Balaban J connectivity index is 0.000000121. The van der Waals surface area contributed by atoms with Gasteiger partial charge in [-0.05, 0) is 64.2 Å². The molecule has 0 atom stereocenters. The molecule has 0 N–H and O–H groups in total. The van der Waals surface area contributed by atoms with Crippen molar-refractivity contribution in [3.8, 4) is 11.4 Å². The Morgan fingerprint density at radius 3 is 2.02 bits per heavy atom. The molecule has 0 amide bonds. The van der Waals surface area contributed by atoms with Gasteiger partial charge in [0.1, 0.15) is 11.5 Å². The van der Waals surface area contributed by atoms with Gasteiger partial charge in [-0.15, -0.1) is 0 Å². The molecule has 1 aliphatic heterocycles. The highest BCUT2D eigenvalue weighted by atomic mass is 35.5. The zero-order chi connectivity index (χ0) is 28.8. The van der Waals surface area contributed by atoms with Gasteiger partial charge in [0, 0.05) is 31.8 Å². The predicted molar refractivity (Wildman–Crippen MR) is 177 cm³/mol. The Kier molecular flexibility index (Phi) is 5.16. The fourth-order valence-corrected chi connectivity index (χ4v) is 6.96. The standard InChI is InChI=1S/C18H9ClN2O.C18H11ClN2/c19-11-7-8-14-15(9-11)21-17(20-14)12-5-1-3-10-4-2-6-13(16(10)12)18(21)22;19-13-7-8-15-16(9-13)21-10-12-5-1-3-11-4-2-6-14(17(11)12)18(21)20-15/h1-9H;1-9H,10H2. The van der Waals surface area contributed by atoms with Crippen LogP contribution in [0, 0.1) is 0 Å². The van der Waals surface area contributed by atoms with E-state index in [9.17, 15) is 4.79 Å². The van der Waals surface area contributed by atoms with E-state index >= 15 is 0 Å². The molecule has 43 heavy (non-hydrogen) atoms. The second kappa shape index (κ2) is 9.01. The lowest BCUT2D eigenvalue weighted by molar-refractivity contribution is 0.831. The molecule has 204 valence electrons. The zero-order valence-electron chi connectivity index (χ0n) is 22.6. The largest absolute Gasteiger partial charge is 0.319 e. The minimum atomic E-state index is -0.0518. The second-order valence-electron chi connectivity index (χ2n) is 10.9. The number of fused-ring (bicyclic) bond motifs is 8. The summed E-state index contributed by atoms with van der Waals surface area (Å²) in [5.41, 5.74) is 6.81. The first-order valence-electron chi connectivity index (χ1n) is 14.0. The van der Waals surface area contributed by atoms with Crippen molar-refractivity contribution in [1.29, 1.82) is 0 Å². The maximum absolute atomic E-state index is 13.0. The average Bonchev–Trinajstić information content (AvgIpc) is 3.59. The smallest absolute Gasteiger partial charge is 0.264 e. The van der Waals surface area contributed by atoms with E-state index in [1.165, 1.54) is 21.9 Å². The van der Waals surface area contributed by atoms with Gasteiger partial charge in [-0.1, -0.05) is 89.9 Å². The third-order valence-electron chi connectivity index (χ3n) is 8.47. The first kappa shape index (κ1) is 24.6. The van der Waals surface area contributed by atoms with Gasteiger partial charge in [-0.2, -0.15) is 0 Å². The van der Waals surface area contributed by atoms with Crippen molar-refractivity contribution in [2.24, 2.45) is 0 Å². The maximum atomic E-state index is 13.0. The van der Waals surface area contributed by atoms with E-state index in [4.69, 9.17) is 28.2 Å². The molecule has 3 aromatic heterocycles. The Bertz CT molecular complexity index is 2640. The van der Waals surface area contributed by atoms with Crippen LogP contribution in [-0.2, 0) is 6.54 Å². The van der Waals surface area contributed by atoms with E-state index in [0.717, 1.165) is 55.6 Å². The number of pyridine rings is 1. The van der Waals surface area contributed by atoms with Gasteiger partial charge < -0.3 is 4.57 Å². The van der Waals surface area contributed by atoms with Crippen LogP contribution < -0.4 is 5.56 Å². The van der Waals surface area contributed by atoms with Crippen molar-refractivity contribution in [2.45, 2.75) is 6.54 Å². The summed E-state index contributed by atoms with van der Waals surface area (Å²) >= 11 is 12.3. The number of imidazole rings is 2. The number of hydrogen-bond donors (Lipinski definition) is 0. The monoisotopic (exact) mass is 594 g/mol. The van der Waals surface area contributed by atoms with Crippen molar-refractivity contribution >= 4 is 83.2 Å². The Morgan fingerprint density at radius 1 is 0.628 bits per heavy atom. The molecule has 5 nitrogen and oxygen atoms in total. The average molecular weight is 595 g/mol. The van der Waals surface area contributed by atoms with Crippen LogP contribution in [0.25, 0.3) is 71.4 Å². The molecule has 7 heteroatoms. The van der Waals surface area contributed by atoms with Crippen molar-refractivity contribution in [1.82, 2.24) is 18.9 Å². The molecule has 4 heterocycles. The van der Waals surface area contributed by atoms with Crippen molar-refractivity contribution in [3.05, 3.63) is 135 Å². The Labute approximate surface area is 254 Å². The van der Waals surface area contributed by atoms with Gasteiger partial charge >= 0.3 is 0 Å². The lowest BCUT2D eigenvalue weighted by atomic mass is 9.96. The summed E-state index contributed by atoms with van der Waals surface area (Å²) < 4.78 is 3.93. The van der Waals surface area contributed by atoms with Crippen LogP contribution in [-0.4, -0.2) is 18.9 Å². The van der Waals surface area contributed by atoms with E-state index in [2.05, 4.69) is 45.9 Å². The summed E-state index contributed by atoms with van der Waals surface area (Å²) in [6.07, 6.45) is 0. The molecule has 0 unspecified atom stereocenters. The van der Waals surface area contributed by atoms with Crippen LogP contribution in [0.4, 0.5) is 0 Å². The number of hydrogen-bond acceptors (Lipinski definition) is 3. The molecular weight excluding hydrogens is 575 g/mol. The molecule has 0 bridgehead atoms. The third-order valence-corrected chi connectivity index (χ3v) is 8.94. The van der Waals surface area contributed by atoms with E-state index < -0.39 is 0 Å². The van der Waals surface area contributed by atoms with Crippen LogP contribution in [0.2, 0.25) is 10.0 Å². The normalized spacial score (nSPS) is 12.4. The molecule has 0 saturated heterocycles. The third kappa shape index (κ3) is 3.56. The number of rotatable bonds is 0. The van der Waals surface area contributed by atoms with Crippen molar-refractivity contribution in [3.63, 3.8) is 0 Å². The molecule has 0 saturated carbocycles. The summed E-state index contributed by atoms with van der Waals surface area (Å²) in [7, 11) is 0. The lowest BCUT2D eigenvalue weighted by Crippen LogP contribution is -2.13. The molecule has 9 aromatic rings. The van der Waals surface area contributed by atoms with Crippen molar-refractivity contribution < 1.29 is 0 Å². The maximum Gasteiger partial charge on any atom is 0.264 e. The summed E-state index contributed by atoms with van der Waals surface area (Å²) in [5, 5.41) is 7.68. The summed E-state index contributed by atoms with van der Waals surface area (Å²) in [6, 6.07) is 36.1. The van der Waals surface area contributed by atoms with Crippen LogP contribution in [0.5, 0.6) is 0 Å². The van der Waals surface area contributed by atoms with E-state index in [1.54, 1.807) is 16.5 Å². The van der Waals surface area contributed by atoms with Crippen LogP contribution in [0.15, 0.2) is 114 Å². The zero-order valence-corrected chi connectivity index (χ0v) is 24.1. The fourth-order valence-electron chi connectivity index (χ4n) is 6.63. The highest BCUT2D eigenvalue weighted by Gasteiger charge is 2.21. The van der Waals surface area contributed by atoms with Crippen LogP contribution in [0.1, 0.15) is 5.56 Å². The van der Waals surface area contributed by atoms with Gasteiger partial charge in [0.25, 0.3) is 5.56 Å². The molecule has 10 rings (SSSR count). The molecule has 0 aliphatic carbocycles. The first-order chi connectivity index (χ1) is 21.0. The topological polar surface area (TPSA) is 52.2 Å². The van der Waals surface area contributed by atoms with Crippen molar-refractivity contribution in [2.75, 3.05) is 0 Å². The van der Waals surface area contributed by atoms with Crippen LogP contribution in [0.3, 0.4) is 0 Å². The SMILES string of the molecule is Clc1ccc2nc3n(c2c1)Cc1cccc2cccc-3c12.O=c1c2cccc3cccc(c32)c2nc3ccc(Cl)cc3n12. The lowest BCUT2D eigenvalue weighted by Gasteiger charge is -2.19. The summed E-state index contributed by atoms with van der Waals surface area (Å²) in [4.78, 5) is 22.4. The number of halogens is 2. The summed E-state index contributed by atoms with van der Waals surface area (Å²) in [5.74, 6) is 1.04.